The van der Waals surface area contributed by atoms with Gasteiger partial charge in [0.1, 0.15) is 11.5 Å². The second-order valence-corrected chi connectivity index (χ2v) is 7.38. The maximum absolute atomic E-state index is 13.1. The molecule has 2 unspecified atom stereocenters. The SMILES string of the molecule is Cc1cc(-c2cc(C(=O)NC3CNCCC3C)c3c(C)noc3n2)c(C)o1. The third-order valence-electron chi connectivity index (χ3n) is 5.32. The van der Waals surface area contributed by atoms with Gasteiger partial charge in [-0.15, -0.1) is 0 Å². The summed E-state index contributed by atoms with van der Waals surface area (Å²) in [6.45, 7) is 9.52. The summed E-state index contributed by atoms with van der Waals surface area (Å²) in [6.07, 6.45) is 1.04. The average molecular weight is 368 g/mol. The van der Waals surface area contributed by atoms with Crippen LogP contribution in [0.25, 0.3) is 22.4 Å². The molecule has 7 nitrogen and oxygen atoms in total. The topological polar surface area (TPSA) is 93.2 Å². The first-order chi connectivity index (χ1) is 12.9. The molecule has 1 fully saturated rings. The summed E-state index contributed by atoms with van der Waals surface area (Å²) in [5.41, 5.74) is 3.05. The molecular formula is C20H24N4O3. The summed E-state index contributed by atoms with van der Waals surface area (Å²) in [4.78, 5) is 17.7. The van der Waals surface area contributed by atoms with Crippen LogP contribution in [-0.4, -0.2) is 35.2 Å². The molecule has 2 atom stereocenters. The van der Waals surface area contributed by atoms with Gasteiger partial charge in [0.2, 0.25) is 0 Å². The van der Waals surface area contributed by atoms with Crippen molar-refractivity contribution in [3.63, 3.8) is 0 Å². The number of carbonyl (C=O) groups excluding carboxylic acids is 1. The van der Waals surface area contributed by atoms with Gasteiger partial charge in [-0.1, -0.05) is 12.1 Å². The maximum Gasteiger partial charge on any atom is 0.259 e. The van der Waals surface area contributed by atoms with Gasteiger partial charge in [0, 0.05) is 18.2 Å². The van der Waals surface area contributed by atoms with Crippen molar-refractivity contribution in [1.29, 1.82) is 0 Å². The van der Waals surface area contributed by atoms with E-state index in [4.69, 9.17) is 8.94 Å². The Balaban J connectivity index is 1.77. The number of nitrogens with one attached hydrogen (secondary N) is 2. The number of hydrogen-bond acceptors (Lipinski definition) is 6. The smallest absolute Gasteiger partial charge is 0.259 e. The number of furan rings is 1. The van der Waals surface area contributed by atoms with Crippen LogP contribution >= 0.6 is 0 Å². The van der Waals surface area contributed by atoms with Gasteiger partial charge >= 0.3 is 0 Å². The summed E-state index contributed by atoms with van der Waals surface area (Å²) in [5.74, 6) is 1.85. The summed E-state index contributed by atoms with van der Waals surface area (Å²) in [5, 5.41) is 11.2. The van der Waals surface area contributed by atoms with Crippen LogP contribution in [0.5, 0.6) is 0 Å². The molecule has 142 valence electrons. The van der Waals surface area contributed by atoms with Crippen LogP contribution in [-0.2, 0) is 0 Å². The molecule has 0 saturated carbocycles. The van der Waals surface area contributed by atoms with Crippen molar-refractivity contribution in [3.8, 4) is 11.3 Å². The molecule has 27 heavy (non-hydrogen) atoms. The van der Waals surface area contributed by atoms with Crippen molar-refractivity contribution in [2.24, 2.45) is 5.92 Å². The molecule has 1 amide bonds. The van der Waals surface area contributed by atoms with E-state index in [-0.39, 0.29) is 11.9 Å². The van der Waals surface area contributed by atoms with Gasteiger partial charge < -0.3 is 19.6 Å². The lowest BCUT2D eigenvalue weighted by Crippen LogP contribution is -2.50. The first kappa shape index (κ1) is 17.7. The highest BCUT2D eigenvalue weighted by molar-refractivity contribution is 6.07. The summed E-state index contributed by atoms with van der Waals surface area (Å²) in [6, 6.07) is 3.82. The van der Waals surface area contributed by atoms with Crippen LogP contribution < -0.4 is 10.6 Å². The van der Waals surface area contributed by atoms with Gasteiger partial charge in [0.15, 0.2) is 0 Å². The molecule has 0 radical (unpaired) electrons. The van der Waals surface area contributed by atoms with Crippen LogP contribution in [0, 0.1) is 26.7 Å². The van der Waals surface area contributed by atoms with Gasteiger partial charge in [-0.05, 0) is 51.8 Å². The van der Waals surface area contributed by atoms with Gasteiger partial charge in [-0.25, -0.2) is 4.98 Å². The Kier molecular flexibility index (Phi) is 4.47. The number of carbonyl (C=O) groups is 1. The van der Waals surface area contributed by atoms with Crippen LogP contribution in [0.1, 0.15) is 40.9 Å². The predicted molar refractivity (Wildman–Crippen MR) is 102 cm³/mol. The normalized spacial score (nSPS) is 20.1. The lowest BCUT2D eigenvalue weighted by molar-refractivity contribution is 0.0917. The lowest BCUT2D eigenvalue weighted by atomic mass is 9.94. The second-order valence-electron chi connectivity index (χ2n) is 7.38. The Labute approximate surface area is 157 Å². The minimum atomic E-state index is -0.131. The third kappa shape index (κ3) is 3.23. The van der Waals surface area contributed by atoms with Crippen molar-refractivity contribution < 1.29 is 13.7 Å². The van der Waals surface area contributed by atoms with Gasteiger partial charge in [0.05, 0.1) is 22.3 Å². The van der Waals surface area contributed by atoms with Crippen molar-refractivity contribution in [2.45, 2.75) is 40.2 Å². The molecule has 4 rings (SSSR count). The predicted octanol–water partition coefficient (Wildman–Crippen LogP) is 3.14. The van der Waals surface area contributed by atoms with Gasteiger partial charge in [-0.3, -0.25) is 4.79 Å². The Morgan fingerprint density at radius 2 is 2.11 bits per heavy atom. The number of piperidine rings is 1. The molecule has 0 aliphatic carbocycles. The second kappa shape index (κ2) is 6.81. The molecule has 0 aromatic carbocycles. The van der Waals surface area contributed by atoms with E-state index in [2.05, 4.69) is 27.7 Å². The molecule has 0 bridgehead atoms. The van der Waals surface area contributed by atoms with E-state index in [0.29, 0.717) is 34.0 Å². The monoisotopic (exact) mass is 368 g/mol. The van der Waals surface area contributed by atoms with Crippen LogP contribution in [0.2, 0.25) is 0 Å². The lowest BCUT2D eigenvalue weighted by Gasteiger charge is -2.30. The fourth-order valence-corrected chi connectivity index (χ4v) is 3.73. The molecule has 0 spiro atoms. The summed E-state index contributed by atoms with van der Waals surface area (Å²) < 4.78 is 11.0. The van der Waals surface area contributed by atoms with E-state index in [0.717, 1.165) is 36.6 Å². The van der Waals surface area contributed by atoms with Crippen LogP contribution in [0.15, 0.2) is 21.1 Å². The van der Waals surface area contributed by atoms with Gasteiger partial charge in [-0.2, -0.15) is 0 Å². The van der Waals surface area contributed by atoms with Crippen LogP contribution in [0.4, 0.5) is 0 Å². The van der Waals surface area contributed by atoms with Crippen molar-refractivity contribution in [1.82, 2.24) is 20.8 Å². The first-order valence-corrected chi connectivity index (χ1v) is 9.30. The molecule has 7 heteroatoms. The standard InChI is InChI=1S/C20H24N4O3/c1-10-5-6-21-9-17(10)22-19(25)15-8-16(14-7-11(2)26-13(14)4)23-20-18(15)12(3)24-27-20/h7-8,10,17,21H,5-6,9H2,1-4H3,(H,22,25). The van der Waals surface area contributed by atoms with Crippen molar-refractivity contribution >= 4 is 17.0 Å². The number of rotatable bonds is 3. The highest BCUT2D eigenvalue weighted by atomic mass is 16.5. The van der Waals surface area contributed by atoms with E-state index in [1.54, 1.807) is 6.07 Å². The fourth-order valence-electron chi connectivity index (χ4n) is 3.73. The molecular weight excluding hydrogens is 344 g/mol. The maximum atomic E-state index is 13.1. The Morgan fingerprint density at radius 1 is 1.30 bits per heavy atom. The van der Waals surface area contributed by atoms with E-state index in [9.17, 15) is 4.79 Å². The summed E-state index contributed by atoms with van der Waals surface area (Å²) >= 11 is 0. The minimum Gasteiger partial charge on any atom is -0.466 e. The molecule has 3 aromatic heterocycles. The highest BCUT2D eigenvalue weighted by Crippen LogP contribution is 2.30. The number of amides is 1. The molecule has 4 heterocycles. The number of fused-ring (bicyclic) bond motifs is 1. The zero-order chi connectivity index (χ0) is 19.1. The first-order valence-electron chi connectivity index (χ1n) is 9.30. The van der Waals surface area contributed by atoms with E-state index < -0.39 is 0 Å². The fraction of sp³-hybridized carbons (Fsp3) is 0.450. The minimum absolute atomic E-state index is 0.0935. The number of nitrogens with zero attached hydrogens (tertiary/aromatic N) is 2. The molecule has 1 saturated heterocycles. The quantitative estimate of drug-likeness (QED) is 0.738. The zero-order valence-electron chi connectivity index (χ0n) is 16.0. The Bertz CT molecular complexity index is 1000. The van der Waals surface area contributed by atoms with E-state index in [1.165, 1.54) is 0 Å². The zero-order valence-corrected chi connectivity index (χ0v) is 16.0. The molecule has 1 aliphatic rings. The molecule has 3 aromatic rings. The van der Waals surface area contributed by atoms with Crippen molar-refractivity contribution in [3.05, 3.63) is 34.9 Å². The Hall–Kier alpha value is -2.67. The highest BCUT2D eigenvalue weighted by Gasteiger charge is 2.26. The number of aromatic nitrogens is 2. The molecule has 2 N–H and O–H groups in total. The number of pyridine rings is 1. The van der Waals surface area contributed by atoms with E-state index >= 15 is 0 Å². The van der Waals surface area contributed by atoms with Crippen molar-refractivity contribution in [2.75, 3.05) is 13.1 Å². The van der Waals surface area contributed by atoms with Gasteiger partial charge in [0.25, 0.3) is 11.6 Å². The Morgan fingerprint density at radius 3 is 2.81 bits per heavy atom. The average Bonchev–Trinajstić information content (AvgIpc) is 3.18. The molecule has 1 aliphatic heterocycles. The largest absolute Gasteiger partial charge is 0.466 e. The van der Waals surface area contributed by atoms with Crippen LogP contribution in [0.3, 0.4) is 0 Å². The van der Waals surface area contributed by atoms with E-state index in [1.807, 2.05) is 26.8 Å². The number of aryl methyl sites for hydroxylation is 3. The third-order valence-corrected chi connectivity index (χ3v) is 5.32. The summed E-state index contributed by atoms with van der Waals surface area (Å²) in [7, 11) is 0. The number of hydrogen-bond donors (Lipinski definition) is 2.